The van der Waals surface area contributed by atoms with Crippen LogP contribution in [0.15, 0.2) is 122 Å². The molecule has 42 heavy (non-hydrogen) atoms. The zero-order valence-electron chi connectivity index (χ0n) is 25.0. The van der Waals surface area contributed by atoms with Crippen molar-refractivity contribution in [3.05, 3.63) is 156 Å². The van der Waals surface area contributed by atoms with Crippen LogP contribution in [0.2, 0.25) is 0 Å². The first-order valence-electron chi connectivity index (χ1n) is 14.7. The molecule has 0 aliphatic heterocycles. The van der Waals surface area contributed by atoms with Gasteiger partial charge < -0.3 is 0 Å². The molecule has 6 nitrogen and oxygen atoms in total. The number of hydrogen-bond acceptors (Lipinski definition) is 6. The molecule has 0 amide bonds. The van der Waals surface area contributed by atoms with Crippen LogP contribution in [0.4, 0.5) is 0 Å². The van der Waals surface area contributed by atoms with Crippen LogP contribution in [0.25, 0.3) is 0 Å². The lowest BCUT2D eigenvalue weighted by atomic mass is 10.00. The van der Waals surface area contributed by atoms with Gasteiger partial charge in [0.1, 0.15) is 0 Å². The van der Waals surface area contributed by atoms with Crippen molar-refractivity contribution in [1.82, 2.24) is 29.7 Å². The van der Waals surface area contributed by atoms with Crippen molar-refractivity contribution >= 4 is 0 Å². The lowest BCUT2D eigenvalue weighted by Crippen LogP contribution is -2.33. The maximum absolute atomic E-state index is 4.72. The molecule has 0 bridgehead atoms. The van der Waals surface area contributed by atoms with Crippen LogP contribution in [0, 0.1) is 0 Å². The zero-order valence-corrected chi connectivity index (χ0v) is 25.0. The van der Waals surface area contributed by atoms with Gasteiger partial charge in [-0.2, -0.15) is 0 Å². The van der Waals surface area contributed by atoms with Crippen LogP contribution < -0.4 is 0 Å². The van der Waals surface area contributed by atoms with Crippen LogP contribution in [0.5, 0.6) is 0 Å². The van der Waals surface area contributed by atoms with Crippen molar-refractivity contribution in [2.45, 2.75) is 65.0 Å². The average molecular weight is 557 g/mol. The van der Waals surface area contributed by atoms with Gasteiger partial charge in [-0.15, -0.1) is 0 Å². The molecule has 1 aromatic carbocycles. The molecule has 5 rings (SSSR count). The Morgan fingerprint density at radius 2 is 0.667 bits per heavy atom. The smallest absolute Gasteiger partial charge is 0.0572 e. The molecule has 214 valence electrons. The van der Waals surface area contributed by atoms with E-state index in [1.807, 2.05) is 49.1 Å². The van der Waals surface area contributed by atoms with E-state index in [4.69, 9.17) is 19.9 Å². The predicted octanol–water partition coefficient (Wildman–Crippen LogP) is 7.92. The molecule has 4 unspecified atom stereocenters. The molecular formula is C36H40N6. The van der Waals surface area contributed by atoms with Crippen molar-refractivity contribution < 1.29 is 0 Å². The van der Waals surface area contributed by atoms with Crippen LogP contribution >= 0.6 is 0 Å². The third-order valence-corrected chi connectivity index (χ3v) is 8.28. The largest absolute Gasteiger partial charge is 0.283 e. The van der Waals surface area contributed by atoms with Gasteiger partial charge in [-0.1, -0.05) is 48.5 Å². The quantitative estimate of drug-likeness (QED) is 0.156. The normalized spacial score (nSPS) is 14.4. The summed E-state index contributed by atoms with van der Waals surface area (Å²) in [6.45, 7) is 10.5. The molecule has 4 heterocycles. The molecule has 5 aromatic rings. The SMILES string of the molecule is CC(c1ccccn1)N(Cc1ccccc1CN(C(C)c1ccccn1)C(C)c1ccccn1)C(C)c1ccccn1. The van der Waals surface area contributed by atoms with E-state index in [1.165, 1.54) is 11.1 Å². The van der Waals surface area contributed by atoms with Gasteiger partial charge in [-0.3, -0.25) is 29.7 Å². The minimum atomic E-state index is 0.0900. The molecular weight excluding hydrogens is 516 g/mol. The number of hydrogen-bond donors (Lipinski definition) is 0. The summed E-state index contributed by atoms with van der Waals surface area (Å²) in [5.41, 5.74) is 6.77. The Morgan fingerprint density at radius 3 is 0.905 bits per heavy atom. The van der Waals surface area contributed by atoms with Crippen LogP contribution in [0.3, 0.4) is 0 Å². The van der Waals surface area contributed by atoms with E-state index in [2.05, 4.69) is 110 Å². The minimum Gasteiger partial charge on any atom is -0.283 e. The summed E-state index contributed by atoms with van der Waals surface area (Å²) in [6.07, 6.45) is 7.50. The van der Waals surface area contributed by atoms with E-state index >= 15 is 0 Å². The van der Waals surface area contributed by atoms with E-state index in [-0.39, 0.29) is 24.2 Å². The summed E-state index contributed by atoms with van der Waals surface area (Å²) in [5.74, 6) is 0. The average Bonchev–Trinajstić information content (AvgIpc) is 3.07. The molecule has 0 radical (unpaired) electrons. The molecule has 4 aromatic heterocycles. The fraction of sp³-hybridized carbons (Fsp3) is 0.278. The van der Waals surface area contributed by atoms with Gasteiger partial charge in [0.15, 0.2) is 0 Å². The highest BCUT2D eigenvalue weighted by Gasteiger charge is 2.28. The molecule has 0 fully saturated rings. The Kier molecular flexibility index (Phi) is 9.80. The lowest BCUT2D eigenvalue weighted by molar-refractivity contribution is 0.129. The van der Waals surface area contributed by atoms with Gasteiger partial charge >= 0.3 is 0 Å². The van der Waals surface area contributed by atoms with Gasteiger partial charge in [-0.05, 0) is 87.4 Å². The highest BCUT2D eigenvalue weighted by molar-refractivity contribution is 5.29. The van der Waals surface area contributed by atoms with Gasteiger partial charge in [0.25, 0.3) is 0 Å². The number of nitrogens with zero attached hydrogens (tertiary/aromatic N) is 6. The molecule has 0 aliphatic rings. The second-order valence-corrected chi connectivity index (χ2v) is 10.8. The standard InChI is InChI=1S/C36H40N6/c1-27(33-17-7-11-21-37-33)41(28(2)34-18-8-12-22-38-34)25-31-15-5-6-16-32(31)26-42(29(3)35-19-9-13-23-39-35)30(4)36-20-10-14-24-40-36/h5-24,27-30H,25-26H2,1-4H3. The first-order chi connectivity index (χ1) is 20.5. The lowest BCUT2D eigenvalue weighted by Gasteiger charge is -2.37. The maximum atomic E-state index is 4.72. The molecule has 0 aliphatic carbocycles. The Labute approximate surface area is 250 Å². The highest BCUT2D eigenvalue weighted by atomic mass is 15.2. The maximum Gasteiger partial charge on any atom is 0.0572 e. The molecule has 6 heteroatoms. The number of rotatable bonds is 12. The molecule has 4 atom stereocenters. The first kappa shape index (κ1) is 29.2. The van der Waals surface area contributed by atoms with E-state index in [0.29, 0.717) is 0 Å². The van der Waals surface area contributed by atoms with E-state index in [1.54, 1.807) is 0 Å². The number of pyridine rings is 4. The first-order valence-corrected chi connectivity index (χ1v) is 14.7. The zero-order chi connectivity index (χ0) is 29.3. The van der Waals surface area contributed by atoms with E-state index in [9.17, 15) is 0 Å². The second-order valence-electron chi connectivity index (χ2n) is 10.8. The molecule has 0 spiro atoms. The van der Waals surface area contributed by atoms with Crippen molar-refractivity contribution in [2.75, 3.05) is 0 Å². The number of aromatic nitrogens is 4. The molecule has 0 N–H and O–H groups in total. The van der Waals surface area contributed by atoms with Crippen LogP contribution in [0.1, 0.15) is 85.8 Å². The van der Waals surface area contributed by atoms with Gasteiger partial charge in [0.05, 0.1) is 46.9 Å². The minimum absolute atomic E-state index is 0.0900. The Hall–Kier alpha value is -4.26. The predicted molar refractivity (Wildman–Crippen MR) is 168 cm³/mol. The Balaban J connectivity index is 1.50. The summed E-state index contributed by atoms with van der Waals surface area (Å²) in [5, 5.41) is 0. The molecule has 0 saturated carbocycles. The number of benzene rings is 1. The van der Waals surface area contributed by atoms with Gasteiger partial charge in [-0.25, -0.2) is 0 Å². The summed E-state index contributed by atoms with van der Waals surface area (Å²) >= 11 is 0. The summed E-state index contributed by atoms with van der Waals surface area (Å²) in [6, 6.07) is 33.7. The fourth-order valence-corrected chi connectivity index (χ4v) is 5.65. The van der Waals surface area contributed by atoms with E-state index in [0.717, 1.165) is 35.9 Å². The third kappa shape index (κ3) is 6.96. The highest BCUT2D eigenvalue weighted by Crippen LogP contribution is 2.34. The Morgan fingerprint density at radius 1 is 0.405 bits per heavy atom. The third-order valence-electron chi connectivity index (χ3n) is 8.28. The second kappa shape index (κ2) is 14.1. The summed E-state index contributed by atoms with van der Waals surface area (Å²) in [4.78, 5) is 23.9. The topological polar surface area (TPSA) is 58.0 Å². The van der Waals surface area contributed by atoms with Crippen molar-refractivity contribution in [3.8, 4) is 0 Å². The monoisotopic (exact) mass is 556 g/mol. The summed E-state index contributed by atoms with van der Waals surface area (Å²) in [7, 11) is 0. The molecule has 0 saturated heterocycles. The van der Waals surface area contributed by atoms with Crippen molar-refractivity contribution in [1.29, 1.82) is 0 Å². The van der Waals surface area contributed by atoms with E-state index < -0.39 is 0 Å². The summed E-state index contributed by atoms with van der Waals surface area (Å²) < 4.78 is 0. The van der Waals surface area contributed by atoms with Crippen LogP contribution in [-0.4, -0.2) is 29.7 Å². The van der Waals surface area contributed by atoms with Crippen molar-refractivity contribution in [3.63, 3.8) is 0 Å². The van der Waals surface area contributed by atoms with Gasteiger partial charge in [0, 0.05) is 37.9 Å². The Bertz CT molecular complexity index is 1290. The van der Waals surface area contributed by atoms with Crippen LogP contribution in [-0.2, 0) is 13.1 Å². The van der Waals surface area contributed by atoms with Gasteiger partial charge in [0.2, 0.25) is 0 Å². The van der Waals surface area contributed by atoms with Crippen molar-refractivity contribution in [2.24, 2.45) is 0 Å². The fourth-order valence-electron chi connectivity index (χ4n) is 5.65.